The lowest BCUT2D eigenvalue weighted by Crippen LogP contribution is -2.13. The lowest BCUT2D eigenvalue weighted by molar-refractivity contribution is -0.143. The predicted octanol–water partition coefficient (Wildman–Crippen LogP) is 5.58. The Morgan fingerprint density at radius 1 is 0.903 bits per heavy atom. The van der Waals surface area contributed by atoms with Crippen molar-refractivity contribution >= 4 is 12.2 Å². The quantitative estimate of drug-likeness (QED) is 0.397. The Labute approximate surface area is 177 Å². The van der Waals surface area contributed by atoms with Gasteiger partial charge in [0, 0.05) is 6.42 Å². The van der Waals surface area contributed by atoms with Gasteiger partial charge in [-0.15, -0.1) is 0 Å². The minimum atomic E-state index is -4.98. The molecule has 31 heavy (non-hydrogen) atoms. The number of H-pyrrole nitrogens is 1. The van der Waals surface area contributed by atoms with Crippen LogP contribution in [0, 0.1) is 4.77 Å². The van der Waals surface area contributed by atoms with Gasteiger partial charge in [-0.05, 0) is 48.1 Å². The summed E-state index contributed by atoms with van der Waals surface area (Å²) in [6.07, 6.45) is -9.91. The van der Waals surface area contributed by atoms with Crippen LogP contribution in [-0.2, 0) is 18.8 Å². The number of aromatic amines is 1. The van der Waals surface area contributed by atoms with E-state index in [2.05, 4.69) is 10.2 Å². The Bertz CT molecular complexity index is 1120. The van der Waals surface area contributed by atoms with Crippen LogP contribution in [0.15, 0.2) is 36.4 Å². The zero-order chi connectivity index (χ0) is 23.0. The highest BCUT2D eigenvalue weighted by Gasteiger charge is 2.37. The number of methoxy groups -OCH3 is 2. The fourth-order valence-corrected chi connectivity index (χ4v) is 3.21. The monoisotopic (exact) mass is 463 g/mol. The molecule has 0 fully saturated rings. The molecule has 0 bridgehead atoms. The molecule has 0 unspecified atom stereocenters. The molecule has 0 atom stereocenters. The average Bonchev–Trinajstić information content (AvgIpc) is 3.06. The van der Waals surface area contributed by atoms with E-state index in [1.807, 2.05) is 0 Å². The zero-order valence-electron chi connectivity index (χ0n) is 16.1. The third-order valence-corrected chi connectivity index (χ3v) is 4.66. The molecule has 0 radical (unpaired) electrons. The zero-order valence-corrected chi connectivity index (χ0v) is 16.9. The Morgan fingerprint density at radius 3 is 2.00 bits per heavy atom. The second-order valence-corrected chi connectivity index (χ2v) is 6.80. The molecule has 0 aliphatic rings. The van der Waals surface area contributed by atoms with Crippen LogP contribution in [0.2, 0.25) is 0 Å². The molecule has 0 aliphatic heterocycles. The minimum Gasteiger partial charge on any atom is -0.493 e. The molecule has 0 aliphatic carbocycles. The fourth-order valence-electron chi connectivity index (χ4n) is 2.96. The molecule has 0 saturated heterocycles. The molecule has 1 aromatic heterocycles. The number of alkyl halides is 6. The molecule has 3 rings (SSSR count). The first-order valence-electron chi connectivity index (χ1n) is 8.61. The molecule has 1 heterocycles. The van der Waals surface area contributed by atoms with Crippen molar-refractivity contribution < 1.29 is 35.8 Å². The van der Waals surface area contributed by atoms with E-state index < -0.39 is 29.2 Å². The number of hydrogen-bond donors (Lipinski definition) is 1. The van der Waals surface area contributed by atoms with Gasteiger partial charge >= 0.3 is 12.4 Å². The van der Waals surface area contributed by atoms with Crippen LogP contribution < -0.4 is 9.47 Å². The summed E-state index contributed by atoms with van der Waals surface area (Å²) in [4.78, 5) is 0. The number of aromatic nitrogens is 3. The standard InChI is InChI=1S/C19H15F6N3O2S/c1-29-14-4-3-10(5-15(14)30-2)6-16-26-27-17(31)28(16)13-8-11(18(20,21)22)7-12(9-13)19(23,24)25/h3-5,7-9H,6H2,1-2H3,(H,27,31). The van der Waals surface area contributed by atoms with Gasteiger partial charge in [-0.3, -0.25) is 9.67 Å². The van der Waals surface area contributed by atoms with Gasteiger partial charge in [-0.1, -0.05) is 6.07 Å². The van der Waals surface area contributed by atoms with E-state index in [9.17, 15) is 26.3 Å². The minimum absolute atomic E-state index is 0.0467. The van der Waals surface area contributed by atoms with Crippen molar-refractivity contribution in [1.29, 1.82) is 0 Å². The molecule has 5 nitrogen and oxygen atoms in total. The second-order valence-electron chi connectivity index (χ2n) is 6.41. The first kappa shape index (κ1) is 22.7. The average molecular weight is 463 g/mol. The maximum absolute atomic E-state index is 13.2. The Hall–Kier alpha value is -3.02. The van der Waals surface area contributed by atoms with Crippen molar-refractivity contribution in [2.24, 2.45) is 0 Å². The summed E-state index contributed by atoms with van der Waals surface area (Å²) < 4.78 is 90.6. The second kappa shape index (κ2) is 8.25. The van der Waals surface area contributed by atoms with Gasteiger partial charge in [0.15, 0.2) is 16.3 Å². The van der Waals surface area contributed by atoms with E-state index in [1.54, 1.807) is 18.2 Å². The summed E-state index contributed by atoms with van der Waals surface area (Å²) in [5.41, 5.74) is -2.68. The highest BCUT2D eigenvalue weighted by Crippen LogP contribution is 2.37. The largest absolute Gasteiger partial charge is 0.493 e. The van der Waals surface area contributed by atoms with Crippen LogP contribution in [0.4, 0.5) is 26.3 Å². The Morgan fingerprint density at radius 2 is 1.48 bits per heavy atom. The SMILES string of the molecule is COc1ccc(Cc2n[nH]c(=S)n2-c2cc(C(F)(F)F)cc(C(F)(F)F)c2)cc1OC. The van der Waals surface area contributed by atoms with E-state index in [4.69, 9.17) is 21.7 Å². The lowest BCUT2D eigenvalue weighted by Gasteiger charge is -2.15. The van der Waals surface area contributed by atoms with Crippen LogP contribution in [0.1, 0.15) is 22.5 Å². The van der Waals surface area contributed by atoms with Crippen molar-refractivity contribution in [2.45, 2.75) is 18.8 Å². The molecule has 166 valence electrons. The fraction of sp³-hybridized carbons (Fsp3) is 0.263. The van der Waals surface area contributed by atoms with Gasteiger partial charge in [0.25, 0.3) is 0 Å². The topological polar surface area (TPSA) is 52.1 Å². The first-order valence-corrected chi connectivity index (χ1v) is 9.02. The summed E-state index contributed by atoms with van der Waals surface area (Å²) in [6.45, 7) is 0. The van der Waals surface area contributed by atoms with Crippen LogP contribution in [0.5, 0.6) is 11.5 Å². The third-order valence-electron chi connectivity index (χ3n) is 4.38. The van der Waals surface area contributed by atoms with Crippen LogP contribution in [0.25, 0.3) is 5.69 Å². The van der Waals surface area contributed by atoms with E-state index in [0.29, 0.717) is 29.2 Å². The molecule has 3 aromatic rings. The van der Waals surface area contributed by atoms with Gasteiger partial charge in [0.05, 0.1) is 31.0 Å². The summed E-state index contributed by atoms with van der Waals surface area (Å²) in [5.74, 6) is 0.974. The number of ether oxygens (including phenoxy) is 2. The van der Waals surface area contributed by atoms with E-state index in [-0.39, 0.29) is 23.1 Å². The predicted molar refractivity (Wildman–Crippen MR) is 101 cm³/mol. The van der Waals surface area contributed by atoms with Gasteiger partial charge in [0.1, 0.15) is 5.82 Å². The summed E-state index contributed by atoms with van der Waals surface area (Å²) in [5, 5.41) is 6.40. The number of nitrogens with one attached hydrogen (secondary N) is 1. The highest BCUT2D eigenvalue weighted by atomic mass is 32.1. The smallest absolute Gasteiger partial charge is 0.416 e. The van der Waals surface area contributed by atoms with Crippen LogP contribution in [-0.4, -0.2) is 29.0 Å². The summed E-state index contributed by atoms with van der Waals surface area (Å²) in [7, 11) is 2.88. The van der Waals surface area contributed by atoms with E-state index >= 15 is 0 Å². The van der Waals surface area contributed by atoms with Gasteiger partial charge in [-0.25, -0.2) is 0 Å². The maximum Gasteiger partial charge on any atom is 0.416 e. The molecule has 0 saturated carbocycles. The van der Waals surface area contributed by atoms with Gasteiger partial charge < -0.3 is 9.47 Å². The Kier molecular flexibility index (Phi) is 6.03. The van der Waals surface area contributed by atoms with Crippen molar-refractivity contribution in [2.75, 3.05) is 14.2 Å². The number of hydrogen-bond acceptors (Lipinski definition) is 4. The molecular formula is C19H15F6N3O2S. The molecule has 2 aromatic carbocycles. The lowest BCUT2D eigenvalue weighted by atomic mass is 10.1. The van der Waals surface area contributed by atoms with Crippen molar-refractivity contribution in [3.05, 3.63) is 63.7 Å². The van der Waals surface area contributed by atoms with E-state index in [1.165, 1.54) is 14.2 Å². The number of halogens is 6. The van der Waals surface area contributed by atoms with Crippen molar-refractivity contribution in [3.63, 3.8) is 0 Å². The highest BCUT2D eigenvalue weighted by molar-refractivity contribution is 7.71. The van der Waals surface area contributed by atoms with E-state index in [0.717, 1.165) is 4.57 Å². The number of benzene rings is 2. The normalized spacial score (nSPS) is 12.1. The van der Waals surface area contributed by atoms with Gasteiger partial charge in [-0.2, -0.15) is 31.4 Å². The molecule has 1 N–H and O–H groups in total. The van der Waals surface area contributed by atoms with Crippen LogP contribution in [0.3, 0.4) is 0 Å². The number of rotatable bonds is 5. The molecular weight excluding hydrogens is 448 g/mol. The van der Waals surface area contributed by atoms with Crippen molar-refractivity contribution in [1.82, 2.24) is 14.8 Å². The molecule has 0 amide bonds. The summed E-state index contributed by atoms with van der Waals surface area (Å²) in [6, 6.07) is 6.15. The van der Waals surface area contributed by atoms with Gasteiger partial charge in [0.2, 0.25) is 0 Å². The third kappa shape index (κ3) is 4.84. The first-order chi connectivity index (χ1) is 14.4. The Balaban J connectivity index is 2.12. The maximum atomic E-state index is 13.2. The molecule has 12 heteroatoms. The molecule has 0 spiro atoms. The summed E-state index contributed by atoms with van der Waals surface area (Å²) >= 11 is 5.07. The van der Waals surface area contributed by atoms with Crippen molar-refractivity contribution in [3.8, 4) is 17.2 Å². The number of nitrogens with zero attached hydrogens (tertiary/aromatic N) is 2. The van der Waals surface area contributed by atoms with Crippen LogP contribution >= 0.6 is 12.2 Å².